The van der Waals surface area contributed by atoms with Crippen LogP contribution in [0.2, 0.25) is 0 Å². The Bertz CT molecular complexity index is 1520. The third kappa shape index (κ3) is 4.27. The first-order chi connectivity index (χ1) is 17.1. The highest BCUT2D eigenvalue weighted by atomic mass is 32.1. The number of fused-ring (bicyclic) bond motifs is 2. The second kappa shape index (κ2) is 9.65. The lowest BCUT2D eigenvalue weighted by molar-refractivity contribution is 0.0909. The molecule has 5 rings (SSSR count). The molecule has 176 valence electrons. The second-order valence-electron chi connectivity index (χ2n) is 8.03. The Labute approximate surface area is 205 Å². The van der Waals surface area contributed by atoms with Crippen LogP contribution in [0.4, 0.5) is 5.69 Å². The van der Waals surface area contributed by atoms with Gasteiger partial charge >= 0.3 is 0 Å². The Morgan fingerprint density at radius 1 is 1.11 bits per heavy atom. The Morgan fingerprint density at radius 3 is 2.77 bits per heavy atom. The van der Waals surface area contributed by atoms with Gasteiger partial charge in [-0.05, 0) is 54.3 Å². The predicted octanol–water partition coefficient (Wildman–Crippen LogP) is 4.36. The number of thiophene rings is 1. The molecule has 5 aromatic rings. The van der Waals surface area contributed by atoms with Crippen molar-refractivity contribution in [1.82, 2.24) is 19.7 Å². The summed E-state index contributed by atoms with van der Waals surface area (Å²) in [4.78, 5) is 35.8. The number of aromatic nitrogens is 3. The van der Waals surface area contributed by atoms with E-state index in [1.54, 1.807) is 28.9 Å². The fourth-order valence-corrected chi connectivity index (χ4v) is 4.64. The van der Waals surface area contributed by atoms with Crippen molar-refractivity contribution in [2.24, 2.45) is 0 Å². The summed E-state index contributed by atoms with van der Waals surface area (Å²) in [7, 11) is 0. The molecule has 2 amide bonds. The number of pyridine rings is 2. The monoisotopic (exact) mass is 485 g/mol. The summed E-state index contributed by atoms with van der Waals surface area (Å²) in [5.74, 6) is -0.708. The van der Waals surface area contributed by atoms with Crippen LogP contribution in [0.1, 0.15) is 34.2 Å². The molecule has 1 atom stereocenters. The molecule has 0 aliphatic carbocycles. The highest BCUT2D eigenvalue weighted by Gasteiger charge is 2.25. The first kappa shape index (κ1) is 22.7. The molecule has 0 bridgehead atoms. The SMILES string of the molecule is CC[C@@H](CO)NC(=O)c1c(-c2ccsc2)nc2c(C(=O)Nc3cccc4ncccc34)cccn12. The summed E-state index contributed by atoms with van der Waals surface area (Å²) in [6.45, 7) is 1.72. The van der Waals surface area contributed by atoms with Gasteiger partial charge in [-0.2, -0.15) is 11.3 Å². The van der Waals surface area contributed by atoms with Crippen molar-refractivity contribution in [1.29, 1.82) is 0 Å². The predicted molar refractivity (Wildman–Crippen MR) is 137 cm³/mol. The molecular formula is C26H23N5O3S. The molecular weight excluding hydrogens is 462 g/mol. The quantitative estimate of drug-likeness (QED) is 0.317. The van der Waals surface area contributed by atoms with Crippen molar-refractivity contribution in [2.75, 3.05) is 11.9 Å². The van der Waals surface area contributed by atoms with Gasteiger partial charge in [0.05, 0.1) is 29.4 Å². The van der Waals surface area contributed by atoms with Crippen LogP contribution < -0.4 is 10.6 Å². The van der Waals surface area contributed by atoms with E-state index in [1.165, 1.54) is 11.3 Å². The fourth-order valence-electron chi connectivity index (χ4n) is 3.99. The molecule has 4 aromatic heterocycles. The number of rotatable bonds is 7. The Hall–Kier alpha value is -4.08. The summed E-state index contributed by atoms with van der Waals surface area (Å²) in [6, 6.07) is 14.2. The summed E-state index contributed by atoms with van der Waals surface area (Å²) in [5, 5.41) is 20.1. The van der Waals surface area contributed by atoms with E-state index < -0.39 is 0 Å². The number of benzene rings is 1. The minimum atomic E-state index is -0.380. The molecule has 0 fully saturated rings. The van der Waals surface area contributed by atoms with E-state index in [0.29, 0.717) is 34.7 Å². The Balaban J connectivity index is 1.60. The number of aliphatic hydroxyl groups excluding tert-OH is 1. The lowest BCUT2D eigenvalue weighted by Crippen LogP contribution is -2.37. The highest BCUT2D eigenvalue weighted by Crippen LogP contribution is 2.29. The topological polar surface area (TPSA) is 109 Å². The first-order valence-electron chi connectivity index (χ1n) is 11.2. The van der Waals surface area contributed by atoms with E-state index in [2.05, 4.69) is 15.6 Å². The van der Waals surface area contributed by atoms with Crippen molar-refractivity contribution >= 4 is 45.4 Å². The standard InChI is InChI=1S/C26H23N5O3S/c1-2-17(14-32)28-26(34)23-22(16-10-13-35-15-16)30-24-19(7-5-12-31(23)24)25(33)29-21-9-3-8-20-18(21)6-4-11-27-20/h3-13,15,17,32H,2,14H2,1H3,(H,28,34)(H,29,33)/t17-/m0/s1. The Morgan fingerprint density at radius 2 is 2.00 bits per heavy atom. The molecule has 0 aliphatic heterocycles. The molecule has 0 spiro atoms. The number of amides is 2. The molecule has 8 nitrogen and oxygen atoms in total. The highest BCUT2D eigenvalue weighted by molar-refractivity contribution is 7.08. The van der Waals surface area contributed by atoms with Gasteiger partial charge in [-0.3, -0.25) is 19.0 Å². The van der Waals surface area contributed by atoms with Crippen LogP contribution in [0.25, 0.3) is 27.8 Å². The number of hydrogen-bond acceptors (Lipinski definition) is 6. The molecule has 0 radical (unpaired) electrons. The lowest BCUT2D eigenvalue weighted by Gasteiger charge is -2.14. The second-order valence-corrected chi connectivity index (χ2v) is 8.81. The number of carbonyl (C=O) groups is 2. The van der Waals surface area contributed by atoms with Crippen molar-refractivity contribution in [3.8, 4) is 11.3 Å². The lowest BCUT2D eigenvalue weighted by atomic mass is 10.1. The number of imidazole rings is 1. The minimum Gasteiger partial charge on any atom is -0.394 e. The third-order valence-electron chi connectivity index (χ3n) is 5.85. The molecule has 1 aromatic carbocycles. The normalized spacial score (nSPS) is 12.1. The van der Waals surface area contributed by atoms with Gasteiger partial charge in [-0.15, -0.1) is 0 Å². The van der Waals surface area contributed by atoms with Crippen LogP contribution in [0.3, 0.4) is 0 Å². The van der Waals surface area contributed by atoms with Crippen LogP contribution >= 0.6 is 11.3 Å². The van der Waals surface area contributed by atoms with E-state index in [-0.39, 0.29) is 24.5 Å². The van der Waals surface area contributed by atoms with Crippen LogP contribution in [0, 0.1) is 0 Å². The van der Waals surface area contributed by atoms with E-state index in [1.807, 2.05) is 54.1 Å². The van der Waals surface area contributed by atoms with Crippen molar-refractivity contribution < 1.29 is 14.7 Å². The van der Waals surface area contributed by atoms with Gasteiger partial charge in [-0.1, -0.05) is 13.0 Å². The van der Waals surface area contributed by atoms with E-state index in [9.17, 15) is 14.7 Å². The zero-order valence-corrected chi connectivity index (χ0v) is 19.7. The number of nitrogens with one attached hydrogen (secondary N) is 2. The van der Waals surface area contributed by atoms with Crippen molar-refractivity contribution in [2.45, 2.75) is 19.4 Å². The van der Waals surface area contributed by atoms with Gasteiger partial charge in [0.1, 0.15) is 11.4 Å². The summed E-state index contributed by atoms with van der Waals surface area (Å²) in [5.41, 5.74) is 3.69. The summed E-state index contributed by atoms with van der Waals surface area (Å²) >= 11 is 1.49. The molecule has 0 aliphatic rings. The molecule has 3 N–H and O–H groups in total. The van der Waals surface area contributed by atoms with Gasteiger partial charge in [0, 0.05) is 28.7 Å². The molecule has 35 heavy (non-hydrogen) atoms. The van der Waals surface area contributed by atoms with E-state index in [4.69, 9.17) is 4.98 Å². The van der Waals surface area contributed by atoms with Crippen molar-refractivity contribution in [3.05, 3.63) is 82.9 Å². The maximum Gasteiger partial charge on any atom is 0.270 e. The van der Waals surface area contributed by atoms with Crippen molar-refractivity contribution in [3.63, 3.8) is 0 Å². The number of hydrogen-bond donors (Lipinski definition) is 3. The molecule has 0 saturated heterocycles. The number of carbonyl (C=O) groups excluding carboxylic acids is 2. The average molecular weight is 486 g/mol. The molecule has 0 saturated carbocycles. The van der Waals surface area contributed by atoms with Gasteiger partial charge in [0.15, 0.2) is 5.65 Å². The fraction of sp³-hybridized carbons (Fsp3) is 0.154. The van der Waals surface area contributed by atoms with Gasteiger partial charge in [-0.25, -0.2) is 4.98 Å². The number of nitrogens with zero attached hydrogens (tertiary/aromatic N) is 3. The smallest absolute Gasteiger partial charge is 0.270 e. The van der Waals surface area contributed by atoms with Crippen LogP contribution in [0.15, 0.2) is 71.7 Å². The summed E-state index contributed by atoms with van der Waals surface area (Å²) in [6.07, 6.45) is 4.00. The van der Waals surface area contributed by atoms with Gasteiger partial charge in [0.25, 0.3) is 11.8 Å². The molecule has 4 heterocycles. The maximum absolute atomic E-state index is 13.4. The number of aliphatic hydroxyl groups is 1. The van der Waals surface area contributed by atoms with Gasteiger partial charge < -0.3 is 15.7 Å². The zero-order chi connectivity index (χ0) is 24.4. The van der Waals surface area contributed by atoms with Crippen LogP contribution in [0.5, 0.6) is 0 Å². The Kier molecular flexibility index (Phi) is 6.26. The molecule has 9 heteroatoms. The minimum absolute atomic E-state index is 0.166. The third-order valence-corrected chi connectivity index (χ3v) is 6.53. The summed E-state index contributed by atoms with van der Waals surface area (Å²) < 4.78 is 1.63. The number of anilines is 1. The van der Waals surface area contributed by atoms with Crippen LogP contribution in [-0.2, 0) is 0 Å². The molecule has 0 unspecified atom stereocenters. The average Bonchev–Trinajstić information content (AvgIpc) is 3.55. The first-order valence-corrected chi connectivity index (χ1v) is 12.2. The van der Waals surface area contributed by atoms with Crippen LogP contribution in [-0.4, -0.2) is 43.9 Å². The van der Waals surface area contributed by atoms with Gasteiger partial charge in [0.2, 0.25) is 0 Å². The van der Waals surface area contributed by atoms with E-state index in [0.717, 1.165) is 16.5 Å². The zero-order valence-electron chi connectivity index (χ0n) is 18.9. The maximum atomic E-state index is 13.4. The van der Waals surface area contributed by atoms with E-state index >= 15 is 0 Å². The largest absolute Gasteiger partial charge is 0.394 e.